The van der Waals surface area contributed by atoms with E-state index in [9.17, 15) is 0 Å². The molecule has 2 saturated carbocycles. The Hall–Kier alpha value is -0.0800. The molecule has 3 aliphatic rings. The van der Waals surface area contributed by atoms with Gasteiger partial charge in [0.2, 0.25) is 0 Å². The van der Waals surface area contributed by atoms with E-state index in [0.717, 1.165) is 18.0 Å². The minimum absolute atomic E-state index is 0.578. The van der Waals surface area contributed by atoms with Crippen LogP contribution in [0.15, 0.2) is 0 Å². The molecule has 1 aliphatic heterocycles. The Morgan fingerprint density at radius 1 is 1.00 bits per heavy atom. The van der Waals surface area contributed by atoms with Crippen molar-refractivity contribution in [3.8, 4) is 0 Å². The molecule has 3 rings (SSSR count). The van der Waals surface area contributed by atoms with E-state index in [4.69, 9.17) is 0 Å². The lowest BCUT2D eigenvalue weighted by Crippen LogP contribution is -2.57. The monoisotopic (exact) mass is 278 g/mol. The first-order valence-electron chi connectivity index (χ1n) is 9.11. The smallest absolute Gasteiger partial charge is 0.0223 e. The Labute approximate surface area is 125 Å². The molecular formula is C18H34N2. The van der Waals surface area contributed by atoms with E-state index in [1.54, 1.807) is 0 Å². The van der Waals surface area contributed by atoms with E-state index in [2.05, 4.69) is 24.1 Å². The van der Waals surface area contributed by atoms with E-state index in [1.807, 2.05) is 0 Å². The van der Waals surface area contributed by atoms with Gasteiger partial charge in [0.25, 0.3) is 0 Å². The molecule has 0 aromatic rings. The van der Waals surface area contributed by atoms with Gasteiger partial charge in [0.15, 0.2) is 0 Å². The largest absolute Gasteiger partial charge is 0.311 e. The maximum Gasteiger partial charge on any atom is 0.0223 e. The van der Waals surface area contributed by atoms with Gasteiger partial charge >= 0.3 is 0 Å². The molecule has 2 unspecified atom stereocenters. The maximum absolute atomic E-state index is 3.84. The highest BCUT2D eigenvalue weighted by Gasteiger charge is 2.35. The molecule has 0 spiro atoms. The number of hydrogen-bond donors (Lipinski definition) is 1. The van der Waals surface area contributed by atoms with Crippen LogP contribution >= 0.6 is 0 Å². The van der Waals surface area contributed by atoms with Gasteiger partial charge in [0.1, 0.15) is 0 Å². The van der Waals surface area contributed by atoms with Crippen molar-refractivity contribution in [2.45, 2.75) is 83.7 Å². The second-order valence-electron chi connectivity index (χ2n) is 8.37. The van der Waals surface area contributed by atoms with Crippen LogP contribution in [0.4, 0.5) is 0 Å². The van der Waals surface area contributed by atoms with Crippen LogP contribution in [-0.4, -0.2) is 36.6 Å². The summed E-state index contributed by atoms with van der Waals surface area (Å²) in [6, 6.07) is 1.65. The molecule has 1 saturated heterocycles. The van der Waals surface area contributed by atoms with Crippen LogP contribution in [0, 0.1) is 11.3 Å². The van der Waals surface area contributed by atoms with Gasteiger partial charge in [0.05, 0.1) is 0 Å². The van der Waals surface area contributed by atoms with Crippen molar-refractivity contribution in [3.63, 3.8) is 0 Å². The van der Waals surface area contributed by atoms with Crippen LogP contribution in [0.2, 0.25) is 0 Å². The molecule has 2 aliphatic carbocycles. The van der Waals surface area contributed by atoms with Crippen LogP contribution in [0.5, 0.6) is 0 Å². The number of hydrogen-bond acceptors (Lipinski definition) is 2. The number of rotatable bonds is 2. The molecule has 0 bridgehead atoms. The first-order chi connectivity index (χ1) is 9.64. The van der Waals surface area contributed by atoms with Gasteiger partial charge in [-0.3, -0.25) is 4.90 Å². The molecule has 116 valence electrons. The zero-order valence-corrected chi connectivity index (χ0v) is 13.7. The SMILES string of the molecule is CC1(C)CCCC(N2CCNC(C3CCCCC3)C2)C1. The molecule has 0 amide bonds. The van der Waals surface area contributed by atoms with Crippen molar-refractivity contribution in [1.29, 1.82) is 0 Å². The Morgan fingerprint density at radius 3 is 2.55 bits per heavy atom. The van der Waals surface area contributed by atoms with Crippen LogP contribution in [-0.2, 0) is 0 Å². The Morgan fingerprint density at radius 2 is 1.80 bits per heavy atom. The second kappa shape index (κ2) is 6.36. The highest BCUT2D eigenvalue weighted by Crippen LogP contribution is 2.38. The van der Waals surface area contributed by atoms with Crippen molar-refractivity contribution in [2.24, 2.45) is 11.3 Å². The van der Waals surface area contributed by atoms with Gasteiger partial charge in [-0.1, -0.05) is 39.5 Å². The molecule has 1 N–H and O–H groups in total. The van der Waals surface area contributed by atoms with E-state index in [-0.39, 0.29) is 0 Å². The molecule has 2 heteroatoms. The fourth-order valence-electron chi connectivity index (χ4n) is 4.96. The lowest BCUT2D eigenvalue weighted by molar-refractivity contribution is 0.0557. The summed E-state index contributed by atoms with van der Waals surface area (Å²) in [7, 11) is 0. The standard InChI is InChI=1S/C18H34N2/c1-18(2)10-6-9-16(13-18)20-12-11-19-17(14-20)15-7-4-3-5-8-15/h15-17,19H,3-14H2,1-2H3. The first kappa shape index (κ1) is 14.8. The van der Waals surface area contributed by atoms with Crippen LogP contribution in [0.25, 0.3) is 0 Å². The molecule has 1 heterocycles. The van der Waals surface area contributed by atoms with Crippen LogP contribution < -0.4 is 5.32 Å². The van der Waals surface area contributed by atoms with Crippen molar-refractivity contribution in [1.82, 2.24) is 10.2 Å². The van der Waals surface area contributed by atoms with Crippen molar-refractivity contribution < 1.29 is 0 Å². The van der Waals surface area contributed by atoms with Gasteiger partial charge in [-0.15, -0.1) is 0 Å². The van der Waals surface area contributed by atoms with Crippen molar-refractivity contribution in [3.05, 3.63) is 0 Å². The van der Waals surface area contributed by atoms with E-state index >= 15 is 0 Å². The highest BCUT2D eigenvalue weighted by atomic mass is 15.2. The van der Waals surface area contributed by atoms with Gasteiger partial charge in [-0.05, 0) is 43.4 Å². The molecule has 2 nitrogen and oxygen atoms in total. The lowest BCUT2D eigenvalue weighted by Gasteiger charge is -2.46. The fraction of sp³-hybridized carbons (Fsp3) is 1.00. The Bertz CT molecular complexity index is 307. The molecule has 0 aromatic heterocycles. The Kier molecular flexibility index (Phi) is 4.72. The molecule has 3 fully saturated rings. The molecular weight excluding hydrogens is 244 g/mol. The summed E-state index contributed by atoms with van der Waals surface area (Å²) < 4.78 is 0. The molecule has 0 aromatic carbocycles. The maximum atomic E-state index is 3.84. The first-order valence-corrected chi connectivity index (χ1v) is 9.11. The molecule has 0 radical (unpaired) electrons. The van der Waals surface area contributed by atoms with Crippen LogP contribution in [0.1, 0.15) is 71.6 Å². The summed E-state index contributed by atoms with van der Waals surface area (Å²) in [5.74, 6) is 0.961. The van der Waals surface area contributed by atoms with Crippen LogP contribution in [0.3, 0.4) is 0 Å². The summed E-state index contributed by atoms with van der Waals surface area (Å²) in [5, 5.41) is 3.84. The fourth-order valence-corrected chi connectivity index (χ4v) is 4.96. The van der Waals surface area contributed by atoms with Crippen molar-refractivity contribution >= 4 is 0 Å². The molecule has 20 heavy (non-hydrogen) atoms. The average molecular weight is 278 g/mol. The predicted octanol–water partition coefficient (Wildman–Crippen LogP) is 3.81. The second-order valence-corrected chi connectivity index (χ2v) is 8.37. The summed E-state index contributed by atoms with van der Waals surface area (Å²) in [5.41, 5.74) is 0.578. The van der Waals surface area contributed by atoms with E-state index in [0.29, 0.717) is 5.41 Å². The molecule has 2 atom stereocenters. The zero-order valence-electron chi connectivity index (χ0n) is 13.7. The third-order valence-electron chi connectivity index (χ3n) is 6.15. The summed E-state index contributed by atoms with van der Waals surface area (Å²) >= 11 is 0. The third-order valence-corrected chi connectivity index (χ3v) is 6.15. The quantitative estimate of drug-likeness (QED) is 0.826. The Balaban J connectivity index is 1.57. The zero-order chi connectivity index (χ0) is 14.0. The van der Waals surface area contributed by atoms with E-state index in [1.165, 1.54) is 77.4 Å². The normalized spacial score (nSPS) is 36.9. The summed E-state index contributed by atoms with van der Waals surface area (Å²) in [4.78, 5) is 2.84. The third kappa shape index (κ3) is 3.57. The lowest BCUT2D eigenvalue weighted by atomic mass is 9.74. The highest BCUT2D eigenvalue weighted by molar-refractivity contribution is 4.91. The average Bonchev–Trinajstić information content (AvgIpc) is 2.47. The topological polar surface area (TPSA) is 15.3 Å². The predicted molar refractivity (Wildman–Crippen MR) is 86.0 cm³/mol. The van der Waals surface area contributed by atoms with E-state index < -0.39 is 0 Å². The minimum Gasteiger partial charge on any atom is -0.311 e. The van der Waals surface area contributed by atoms with Gasteiger partial charge in [-0.25, -0.2) is 0 Å². The van der Waals surface area contributed by atoms with Gasteiger partial charge in [-0.2, -0.15) is 0 Å². The number of piperazine rings is 1. The van der Waals surface area contributed by atoms with Crippen molar-refractivity contribution in [2.75, 3.05) is 19.6 Å². The van der Waals surface area contributed by atoms with Gasteiger partial charge < -0.3 is 5.32 Å². The summed E-state index contributed by atoms with van der Waals surface area (Å²) in [6.07, 6.45) is 13.1. The van der Waals surface area contributed by atoms with Gasteiger partial charge in [0, 0.05) is 31.7 Å². The summed E-state index contributed by atoms with van der Waals surface area (Å²) in [6.45, 7) is 8.77. The number of nitrogens with zero attached hydrogens (tertiary/aromatic N) is 1. The number of nitrogens with one attached hydrogen (secondary N) is 1. The minimum atomic E-state index is 0.578.